The average Bonchev–Trinajstić information content (AvgIpc) is 2.96. The van der Waals surface area contributed by atoms with Crippen LogP contribution in [0.2, 0.25) is 5.15 Å². The van der Waals surface area contributed by atoms with E-state index >= 15 is 0 Å². The van der Waals surface area contributed by atoms with E-state index in [1.807, 2.05) is 0 Å². The Labute approximate surface area is 123 Å². The van der Waals surface area contributed by atoms with Gasteiger partial charge in [0.05, 0.1) is 6.04 Å². The maximum Gasteiger partial charge on any atom is 0.349 e. The molecule has 3 rings (SSSR count). The maximum absolute atomic E-state index is 11.0. The van der Waals surface area contributed by atoms with E-state index in [1.54, 1.807) is 11.3 Å². The number of aromatic nitrogens is 1. The van der Waals surface area contributed by atoms with Gasteiger partial charge >= 0.3 is 5.97 Å². The average molecular weight is 315 g/mol. The van der Waals surface area contributed by atoms with Crippen molar-refractivity contribution >= 4 is 45.4 Å². The SMILES string of the molecule is CC1c2ccsc2CCN1c1nc(Cl)c(C(=O)O)s1. The Morgan fingerprint density at radius 3 is 3.11 bits per heavy atom. The summed E-state index contributed by atoms with van der Waals surface area (Å²) in [4.78, 5) is 18.9. The minimum absolute atomic E-state index is 0.0795. The van der Waals surface area contributed by atoms with Crippen molar-refractivity contribution in [2.45, 2.75) is 19.4 Å². The number of aromatic carboxylic acids is 1. The van der Waals surface area contributed by atoms with Crippen LogP contribution in [0.4, 0.5) is 5.13 Å². The Hall–Kier alpha value is -1.11. The van der Waals surface area contributed by atoms with E-state index in [0.29, 0.717) is 5.13 Å². The van der Waals surface area contributed by atoms with Gasteiger partial charge in [0.25, 0.3) is 0 Å². The van der Waals surface area contributed by atoms with Crippen LogP contribution in [0.1, 0.15) is 33.1 Å². The zero-order chi connectivity index (χ0) is 13.6. The highest BCUT2D eigenvalue weighted by atomic mass is 35.5. The molecule has 100 valence electrons. The maximum atomic E-state index is 11.0. The van der Waals surface area contributed by atoms with E-state index < -0.39 is 5.97 Å². The number of nitrogens with zero attached hydrogens (tertiary/aromatic N) is 2. The second kappa shape index (κ2) is 4.77. The van der Waals surface area contributed by atoms with Gasteiger partial charge in [-0.05, 0) is 30.4 Å². The van der Waals surface area contributed by atoms with E-state index in [0.717, 1.165) is 24.3 Å². The topological polar surface area (TPSA) is 53.4 Å². The molecule has 0 aromatic carbocycles. The third-order valence-electron chi connectivity index (χ3n) is 3.29. The number of thiophene rings is 1. The number of fused-ring (bicyclic) bond motifs is 1. The number of halogens is 1. The molecule has 0 saturated heterocycles. The van der Waals surface area contributed by atoms with Crippen LogP contribution in [0.25, 0.3) is 0 Å². The normalized spacial score (nSPS) is 18.4. The number of hydrogen-bond acceptors (Lipinski definition) is 5. The van der Waals surface area contributed by atoms with Gasteiger partial charge in [-0.15, -0.1) is 11.3 Å². The van der Waals surface area contributed by atoms with Crippen LogP contribution in [-0.2, 0) is 6.42 Å². The fourth-order valence-corrected chi connectivity index (χ4v) is 4.51. The van der Waals surface area contributed by atoms with Crippen molar-refractivity contribution in [2.75, 3.05) is 11.4 Å². The van der Waals surface area contributed by atoms with Crippen LogP contribution in [-0.4, -0.2) is 22.6 Å². The van der Waals surface area contributed by atoms with Gasteiger partial charge in [0.15, 0.2) is 15.2 Å². The lowest BCUT2D eigenvalue weighted by atomic mass is 10.0. The lowest BCUT2D eigenvalue weighted by Gasteiger charge is -2.33. The number of anilines is 1. The van der Waals surface area contributed by atoms with E-state index in [2.05, 4.69) is 28.3 Å². The third kappa shape index (κ3) is 2.13. The number of carbonyl (C=O) groups is 1. The molecule has 1 aliphatic rings. The highest BCUT2D eigenvalue weighted by molar-refractivity contribution is 7.18. The Bertz CT molecular complexity index is 637. The van der Waals surface area contributed by atoms with Crippen LogP contribution in [0.15, 0.2) is 11.4 Å². The molecule has 4 nitrogen and oxygen atoms in total. The first-order chi connectivity index (χ1) is 9.08. The fraction of sp³-hybridized carbons (Fsp3) is 0.333. The van der Waals surface area contributed by atoms with Gasteiger partial charge in [-0.25, -0.2) is 9.78 Å². The highest BCUT2D eigenvalue weighted by Crippen LogP contribution is 2.39. The molecule has 0 saturated carbocycles. The molecule has 2 aromatic rings. The lowest BCUT2D eigenvalue weighted by Crippen LogP contribution is -2.32. The van der Waals surface area contributed by atoms with E-state index in [-0.39, 0.29) is 16.1 Å². The molecule has 0 spiro atoms. The van der Waals surface area contributed by atoms with Crippen LogP contribution in [0.5, 0.6) is 0 Å². The van der Waals surface area contributed by atoms with Crippen molar-refractivity contribution in [3.8, 4) is 0 Å². The number of carboxylic acid groups (broad SMARTS) is 1. The molecular formula is C12H11ClN2O2S2. The van der Waals surface area contributed by atoms with Crippen molar-refractivity contribution in [1.29, 1.82) is 0 Å². The van der Waals surface area contributed by atoms with Gasteiger partial charge in [0.1, 0.15) is 0 Å². The summed E-state index contributed by atoms with van der Waals surface area (Å²) in [5, 5.41) is 11.9. The number of hydrogen-bond donors (Lipinski definition) is 1. The summed E-state index contributed by atoms with van der Waals surface area (Å²) in [6.07, 6.45) is 0.969. The standard InChI is InChI=1S/C12H11ClN2O2S2/c1-6-7-3-5-18-8(7)2-4-15(6)12-14-10(13)9(19-12)11(16)17/h3,5-6H,2,4H2,1H3,(H,16,17). The minimum atomic E-state index is -1.02. The van der Waals surface area contributed by atoms with Gasteiger partial charge in [-0.3, -0.25) is 0 Å². The van der Waals surface area contributed by atoms with Gasteiger partial charge in [-0.2, -0.15) is 0 Å². The van der Waals surface area contributed by atoms with Crippen LogP contribution < -0.4 is 4.90 Å². The van der Waals surface area contributed by atoms with Gasteiger partial charge in [0, 0.05) is 11.4 Å². The van der Waals surface area contributed by atoms with Crippen LogP contribution >= 0.6 is 34.3 Å². The Balaban J connectivity index is 1.96. The van der Waals surface area contributed by atoms with E-state index in [4.69, 9.17) is 16.7 Å². The smallest absolute Gasteiger partial charge is 0.349 e. The first-order valence-electron chi connectivity index (χ1n) is 5.80. The van der Waals surface area contributed by atoms with Gasteiger partial charge in [0.2, 0.25) is 0 Å². The second-order valence-corrected chi connectivity index (χ2v) is 6.68. The molecule has 0 bridgehead atoms. The zero-order valence-electron chi connectivity index (χ0n) is 10.1. The van der Waals surface area contributed by atoms with Crippen molar-refractivity contribution in [3.63, 3.8) is 0 Å². The van der Waals surface area contributed by atoms with Crippen molar-refractivity contribution in [3.05, 3.63) is 31.9 Å². The molecule has 1 atom stereocenters. The quantitative estimate of drug-likeness (QED) is 0.918. The second-order valence-electron chi connectivity index (χ2n) is 4.34. The molecule has 0 radical (unpaired) electrons. The Morgan fingerprint density at radius 2 is 2.42 bits per heavy atom. The molecule has 7 heteroatoms. The van der Waals surface area contributed by atoms with Crippen molar-refractivity contribution in [1.82, 2.24) is 4.98 Å². The molecule has 0 amide bonds. The molecule has 19 heavy (non-hydrogen) atoms. The van der Waals surface area contributed by atoms with Gasteiger partial charge < -0.3 is 10.0 Å². The number of rotatable bonds is 2. The summed E-state index contributed by atoms with van der Waals surface area (Å²) in [6, 6.07) is 2.34. The predicted octanol–water partition coefficient (Wildman–Crippen LogP) is 3.68. The molecule has 0 aliphatic carbocycles. The zero-order valence-corrected chi connectivity index (χ0v) is 12.5. The van der Waals surface area contributed by atoms with E-state index in [1.165, 1.54) is 10.4 Å². The predicted molar refractivity (Wildman–Crippen MR) is 77.9 cm³/mol. The summed E-state index contributed by atoms with van der Waals surface area (Å²) in [6.45, 7) is 2.96. The third-order valence-corrected chi connectivity index (χ3v) is 5.75. The molecule has 0 fully saturated rings. The fourth-order valence-electron chi connectivity index (χ4n) is 2.32. The van der Waals surface area contributed by atoms with Crippen LogP contribution in [0, 0.1) is 0 Å². The first kappa shape index (κ1) is 12.9. The minimum Gasteiger partial charge on any atom is -0.477 e. The lowest BCUT2D eigenvalue weighted by molar-refractivity contribution is 0.0702. The van der Waals surface area contributed by atoms with Crippen molar-refractivity contribution < 1.29 is 9.90 Å². The summed E-state index contributed by atoms with van der Waals surface area (Å²) in [7, 11) is 0. The molecule has 3 heterocycles. The molecule has 1 unspecified atom stereocenters. The Kier molecular flexibility index (Phi) is 3.24. The summed E-state index contributed by atoms with van der Waals surface area (Å²) < 4.78 is 0. The first-order valence-corrected chi connectivity index (χ1v) is 7.88. The Morgan fingerprint density at radius 1 is 1.63 bits per heavy atom. The summed E-state index contributed by atoms with van der Waals surface area (Å²) >= 11 is 8.80. The van der Waals surface area contributed by atoms with Crippen molar-refractivity contribution in [2.24, 2.45) is 0 Å². The van der Waals surface area contributed by atoms with Crippen LogP contribution in [0.3, 0.4) is 0 Å². The summed E-state index contributed by atoms with van der Waals surface area (Å²) in [5.74, 6) is -1.02. The number of thiazole rings is 1. The largest absolute Gasteiger partial charge is 0.477 e. The molecular weight excluding hydrogens is 304 g/mol. The highest BCUT2D eigenvalue weighted by Gasteiger charge is 2.28. The monoisotopic (exact) mass is 314 g/mol. The molecule has 2 aromatic heterocycles. The van der Waals surface area contributed by atoms with Gasteiger partial charge in [-0.1, -0.05) is 22.9 Å². The number of carboxylic acids is 1. The molecule has 1 aliphatic heterocycles. The molecule has 1 N–H and O–H groups in total. The van der Waals surface area contributed by atoms with E-state index in [9.17, 15) is 4.79 Å². The summed E-state index contributed by atoms with van der Waals surface area (Å²) in [5.41, 5.74) is 1.31.